The molecular formula is C12H25N3O4S. The van der Waals surface area contributed by atoms with Gasteiger partial charge in [0, 0.05) is 12.6 Å². The number of hydrogen-bond acceptors (Lipinski definition) is 5. The summed E-state index contributed by atoms with van der Waals surface area (Å²) in [6.07, 6.45) is 4.45. The average molecular weight is 307 g/mol. The van der Waals surface area contributed by atoms with Gasteiger partial charge in [-0.05, 0) is 32.7 Å². The molecule has 0 atom stereocenters. The van der Waals surface area contributed by atoms with Crippen molar-refractivity contribution in [1.29, 1.82) is 0 Å². The predicted molar refractivity (Wildman–Crippen MR) is 76.3 cm³/mol. The van der Waals surface area contributed by atoms with Gasteiger partial charge < -0.3 is 10.5 Å². The zero-order valence-corrected chi connectivity index (χ0v) is 12.8. The van der Waals surface area contributed by atoms with Crippen LogP contribution >= 0.6 is 0 Å². The van der Waals surface area contributed by atoms with Crippen LogP contribution in [0, 0.1) is 0 Å². The van der Waals surface area contributed by atoms with Crippen LogP contribution in [0.3, 0.4) is 0 Å². The lowest BCUT2D eigenvalue weighted by Gasteiger charge is -2.33. The fraction of sp³-hybridized carbons (Fsp3) is 0.917. The van der Waals surface area contributed by atoms with Crippen LogP contribution in [-0.2, 0) is 14.9 Å². The third-order valence-electron chi connectivity index (χ3n) is 3.36. The topological polar surface area (TPSA) is 102 Å². The second kappa shape index (κ2) is 8.43. The Balaban J connectivity index is 2.76. The highest BCUT2D eigenvalue weighted by Gasteiger charge is 2.32. The van der Waals surface area contributed by atoms with Crippen molar-refractivity contribution in [3.05, 3.63) is 0 Å². The maximum absolute atomic E-state index is 12.3. The van der Waals surface area contributed by atoms with Crippen molar-refractivity contribution in [2.75, 3.05) is 19.7 Å². The molecule has 1 fully saturated rings. The molecule has 20 heavy (non-hydrogen) atoms. The molecule has 0 saturated heterocycles. The van der Waals surface area contributed by atoms with Gasteiger partial charge in [-0.3, -0.25) is 0 Å². The van der Waals surface area contributed by atoms with Gasteiger partial charge in [-0.15, -0.1) is 0 Å². The summed E-state index contributed by atoms with van der Waals surface area (Å²) < 4.78 is 32.6. The van der Waals surface area contributed by atoms with Gasteiger partial charge in [0.1, 0.15) is 0 Å². The first kappa shape index (κ1) is 17.2. The number of nitrogens with two attached hydrogens (primary N) is 1. The normalized spacial score (nSPS) is 17.1. The van der Waals surface area contributed by atoms with E-state index in [4.69, 9.17) is 5.73 Å². The Kier molecular flexibility index (Phi) is 7.25. The molecule has 8 heteroatoms. The molecule has 1 aliphatic carbocycles. The van der Waals surface area contributed by atoms with Gasteiger partial charge >= 0.3 is 16.3 Å². The van der Waals surface area contributed by atoms with Gasteiger partial charge in [-0.2, -0.15) is 12.7 Å². The standard InChI is InChI=1S/C12H25N3O4S/c1-2-19-12(16)14-20(17,18)15(10-6-9-13)11-7-4-3-5-8-11/h11H,2-10,13H2,1H3,(H,14,16). The fourth-order valence-corrected chi connectivity index (χ4v) is 3.80. The molecule has 1 rings (SSSR count). The summed E-state index contributed by atoms with van der Waals surface area (Å²) in [5.41, 5.74) is 5.47. The van der Waals surface area contributed by atoms with Gasteiger partial charge in [0.25, 0.3) is 0 Å². The smallest absolute Gasteiger partial charge is 0.421 e. The molecule has 0 unspecified atom stereocenters. The Labute approximate surface area is 121 Å². The average Bonchev–Trinajstić information content (AvgIpc) is 2.39. The Morgan fingerprint density at radius 1 is 1.35 bits per heavy atom. The SMILES string of the molecule is CCOC(=O)NS(=O)(=O)N(CCCN)C1CCCCC1. The second-order valence-corrected chi connectivity index (χ2v) is 6.50. The Morgan fingerprint density at radius 2 is 2.00 bits per heavy atom. The minimum absolute atomic E-state index is 0.0535. The molecular weight excluding hydrogens is 282 g/mol. The molecule has 0 aromatic carbocycles. The van der Waals surface area contributed by atoms with Crippen LogP contribution < -0.4 is 10.5 Å². The number of nitrogens with one attached hydrogen (secondary N) is 1. The first-order valence-corrected chi connectivity index (χ1v) is 8.61. The molecule has 0 aromatic heterocycles. The molecule has 118 valence electrons. The van der Waals surface area contributed by atoms with Crippen molar-refractivity contribution in [2.24, 2.45) is 5.73 Å². The van der Waals surface area contributed by atoms with E-state index in [-0.39, 0.29) is 12.6 Å². The molecule has 1 aliphatic rings. The van der Waals surface area contributed by atoms with Gasteiger partial charge in [-0.1, -0.05) is 19.3 Å². The maximum Gasteiger partial charge on any atom is 0.421 e. The van der Waals surface area contributed by atoms with Crippen LogP contribution in [0.15, 0.2) is 0 Å². The number of carbonyl (C=O) groups is 1. The quantitative estimate of drug-likeness (QED) is 0.729. The van der Waals surface area contributed by atoms with Gasteiger partial charge in [0.15, 0.2) is 0 Å². The lowest BCUT2D eigenvalue weighted by molar-refractivity contribution is 0.157. The van der Waals surface area contributed by atoms with E-state index >= 15 is 0 Å². The summed E-state index contributed by atoms with van der Waals surface area (Å²) in [6, 6.07) is -0.0535. The van der Waals surface area contributed by atoms with Crippen LogP contribution in [0.4, 0.5) is 4.79 Å². The van der Waals surface area contributed by atoms with Crippen LogP contribution in [-0.4, -0.2) is 44.6 Å². The van der Waals surface area contributed by atoms with Crippen molar-refractivity contribution in [3.8, 4) is 0 Å². The predicted octanol–water partition coefficient (Wildman–Crippen LogP) is 0.961. The Bertz CT molecular complexity index is 394. The first-order chi connectivity index (χ1) is 9.51. The van der Waals surface area contributed by atoms with E-state index in [1.165, 1.54) is 4.31 Å². The third kappa shape index (κ3) is 5.26. The van der Waals surface area contributed by atoms with E-state index in [2.05, 4.69) is 4.74 Å². The zero-order valence-electron chi connectivity index (χ0n) is 12.0. The molecule has 0 aromatic rings. The summed E-state index contributed by atoms with van der Waals surface area (Å²) in [7, 11) is -3.86. The monoisotopic (exact) mass is 307 g/mol. The number of carbonyl (C=O) groups excluding carboxylic acids is 1. The zero-order chi connectivity index (χ0) is 15.0. The molecule has 0 radical (unpaired) electrons. The maximum atomic E-state index is 12.3. The summed E-state index contributed by atoms with van der Waals surface area (Å²) in [5, 5.41) is 0. The highest BCUT2D eigenvalue weighted by Crippen LogP contribution is 2.24. The first-order valence-electron chi connectivity index (χ1n) is 7.17. The minimum atomic E-state index is -3.86. The van der Waals surface area contributed by atoms with Gasteiger partial charge in [0.05, 0.1) is 6.61 Å². The van der Waals surface area contributed by atoms with E-state index in [9.17, 15) is 13.2 Å². The Hall–Kier alpha value is -0.860. The number of nitrogens with zero attached hydrogens (tertiary/aromatic N) is 1. The highest BCUT2D eigenvalue weighted by molar-refractivity contribution is 7.87. The fourth-order valence-electron chi connectivity index (χ4n) is 2.44. The molecule has 0 aliphatic heterocycles. The van der Waals surface area contributed by atoms with E-state index in [0.29, 0.717) is 19.5 Å². The second-order valence-electron chi connectivity index (χ2n) is 4.87. The summed E-state index contributed by atoms with van der Waals surface area (Å²) in [5.74, 6) is 0. The molecule has 7 nitrogen and oxygen atoms in total. The largest absolute Gasteiger partial charge is 0.449 e. The number of hydrogen-bond donors (Lipinski definition) is 2. The summed E-state index contributed by atoms with van der Waals surface area (Å²) in [6.45, 7) is 2.50. The summed E-state index contributed by atoms with van der Waals surface area (Å²) >= 11 is 0. The van der Waals surface area contributed by atoms with Gasteiger partial charge in [0.2, 0.25) is 0 Å². The number of ether oxygens (including phenoxy) is 1. The van der Waals surface area contributed by atoms with Crippen LogP contribution in [0.2, 0.25) is 0 Å². The summed E-state index contributed by atoms with van der Waals surface area (Å²) in [4.78, 5) is 11.4. The van der Waals surface area contributed by atoms with Crippen LogP contribution in [0.25, 0.3) is 0 Å². The Morgan fingerprint density at radius 3 is 2.55 bits per heavy atom. The van der Waals surface area contributed by atoms with E-state index < -0.39 is 16.3 Å². The lowest BCUT2D eigenvalue weighted by Crippen LogP contribution is -2.49. The highest BCUT2D eigenvalue weighted by atomic mass is 32.2. The number of amides is 1. The number of rotatable bonds is 7. The van der Waals surface area contributed by atoms with E-state index in [0.717, 1.165) is 32.1 Å². The van der Waals surface area contributed by atoms with Crippen molar-refractivity contribution in [3.63, 3.8) is 0 Å². The van der Waals surface area contributed by atoms with Crippen molar-refractivity contribution in [2.45, 2.75) is 51.5 Å². The van der Waals surface area contributed by atoms with E-state index in [1.54, 1.807) is 6.92 Å². The van der Waals surface area contributed by atoms with Gasteiger partial charge in [-0.25, -0.2) is 9.52 Å². The molecule has 0 bridgehead atoms. The minimum Gasteiger partial charge on any atom is -0.449 e. The van der Waals surface area contributed by atoms with Crippen molar-refractivity contribution < 1.29 is 17.9 Å². The van der Waals surface area contributed by atoms with Crippen molar-refractivity contribution >= 4 is 16.3 Å². The van der Waals surface area contributed by atoms with Crippen molar-refractivity contribution in [1.82, 2.24) is 9.03 Å². The molecule has 1 saturated carbocycles. The molecule has 1 amide bonds. The molecule has 0 heterocycles. The molecule has 0 spiro atoms. The third-order valence-corrected chi connectivity index (χ3v) is 4.88. The molecule has 3 N–H and O–H groups in total. The van der Waals surface area contributed by atoms with Crippen LogP contribution in [0.1, 0.15) is 45.4 Å². The van der Waals surface area contributed by atoms with Crippen LogP contribution in [0.5, 0.6) is 0 Å². The lowest BCUT2D eigenvalue weighted by atomic mass is 9.95. The van der Waals surface area contributed by atoms with E-state index in [1.807, 2.05) is 4.72 Å².